The third kappa shape index (κ3) is 4.40. The normalized spacial score (nSPS) is 12.4. The van der Waals surface area contributed by atoms with E-state index in [1.165, 1.54) is 18.5 Å². The summed E-state index contributed by atoms with van der Waals surface area (Å²) in [5.41, 5.74) is -0.299. The van der Waals surface area contributed by atoms with Gasteiger partial charge in [-0.05, 0) is 42.8 Å². The summed E-state index contributed by atoms with van der Waals surface area (Å²) in [6, 6.07) is 5.94. The molecule has 10 heteroatoms. The van der Waals surface area contributed by atoms with Crippen molar-refractivity contribution in [2.45, 2.75) is 19.1 Å². The van der Waals surface area contributed by atoms with Crippen molar-refractivity contribution in [1.82, 2.24) is 25.1 Å². The second-order valence-corrected chi connectivity index (χ2v) is 5.67. The quantitative estimate of drug-likeness (QED) is 0.729. The standard InChI is InChI=1S/C17H15F3N6O/c1-11(12-4-6-21-7-5-12)24-16(27)25-13-2-3-15(26-10-22-9-23-26)14(8-13)17(18,19)20/h2-11H,1H3,(H2,24,25,27). The smallest absolute Gasteiger partial charge is 0.331 e. The van der Waals surface area contributed by atoms with Crippen LogP contribution in [0.3, 0.4) is 0 Å². The van der Waals surface area contributed by atoms with Gasteiger partial charge in [-0.1, -0.05) is 0 Å². The molecule has 0 radical (unpaired) electrons. The van der Waals surface area contributed by atoms with Crippen molar-refractivity contribution in [2.75, 3.05) is 5.32 Å². The molecule has 140 valence electrons. The fourth-order valence-electron chi connectivity index (χ4n) is 2.47. The van der Waals surface area contributed by atoms with Gasteiger partial charge >= 0.3 is 12.2 Å². The van der Waals surface area contributed by atoms with Crippen LogP contribution in [0.4, 0.5) is 23.7 Å². The Morgan fingerprint density at radius 2 is 1.89 bits per heavy atom. The SMILES string of the molecule is CC(NC(=O)Nc1ccc(-n2cncn2)c(C(F)(F)F)c1)c1ccncc1. The first-order chi connectivity index (χ1) is 12.8. The number of anilines is 1. The predicted octanol–water partition coefficient (Wildman–Crippen LogP) is 3.56. The maximum Gasteiger partial charge on any atom is 0.418 e. The molecule has 0 saturated heterocycles. The van der Waals surface area contributed by atoms with Crippen LogP contribution < -0.4 is 10.6 Å². The van der Waals surface area contributed by atoms with E-state index in [0.717, 1.165) is 22.6 Å². The van der Waals surface area contributed by atoms with E-state index in [2.05, 4.69) is 25.7 Å². The van der Waals surface area contributed by atoms with Crippen molar-refractivity contribution in [2.24, 2.45) is 0 Å². The average Bonchev–Trinajstić information content (AvgIpc) is 3.16. The molecule has 0 bridgehead atoms. The summed E-state index contributed by atoms with van der Waals surface area (Å²) in [6.07, 6.45) is 0.856. The number of benzene rings is 1. The van der Waals surface area contributed by atoms with Crippen LogP contribution in [0, 0.1) is 0 Å². The highest BCUT2D eigenvalue weighted by atomic mass is 19.4. The van der Waals surface area contributed by atoms with Gasteiger partial charge in [0.15, 0.2) is 0 Å². The van der Waals surface area contributed by atoms with Gasteiger partial charge in [-0.3, -0.25) is 4.98 Å². The first-order valence-corrected chi connectivity index (χ1v) is 7.88. The summed E-state index contributed by atoms with van der Waals surface area (Å²) in [5.74, 6) is 0. The van der Waals surface area contributed by atoms with Crippen LogP contribution in [-0.2, 0) is 6.18 Å². The van der Waals surface area contributed by atoms with E-state index < -0.39 is 17.8 Å². The zero-order valence-electron chi connectivity index (χ0n) is 14.1. The number of aromatic nitrogens is 4. The van der Waals surface area contributed by atoms with E-state index in [1.54, 1.807) is 31.5 Å². The lowest BCUT2D eigenvalue weighted by molar-refractivity contribution is -0.137. The number of urea groups is 1. The Morgan fingerprint density at radius 1 is 1.15 bits per heavy atom. The molecule has 0 fully saturated rings. The third-order valence-electron chi connectivity index (χ3n) is 3.78. The Morgan fingerprint density at radius 3 is 2.52 bits per heavy atom. The van der Waals surface area contributed by atoms with E-state index in [9.17, 15) is 18.0 Å². The van der Waals surface area contributed by atoms with E-state index in [-0.39, 0.29) is 17.4 Å². The van der Waals surface area contributed by atoms with Crippen molar-refractivity contribution >= 4 is 11.7 Å². The zero-order chi connectivity index (χ0) is 19.4. The molecule has 0 aliphatic rings. The molecule has 3 rings (SSSR count). The number of alkyl halides is 3. The molecule has 1 atom stereocenters. The van der Waals surface area contributed by atoms with Crippen molar-refractivity contribution < 1.29 is 18.0 Å². The maximum atomic E-state index is 13.4. The van der Waals surface area contributed by atoms with Gasteiger partial charge in [0.05, 0.1) is 17.3 Å². The Hall–Kier alpha value is -3.43. The Labute approximate surface area is 152 Å². The van der Waals surface area contributed by atoms with Crippen LogP contribution in [0.5, 0.6) is 0 Å². The van der Waals surface area contributed by atoms with Crippen molar-refractivity contribution in [1.29, 1.82) is 0 Å². The number of pyridine rings is 1. The molecule has 3 aromatic rings. The summed E-state index contributed by atoms with van der Waals surface area (Å²) >= 11 is 0. The summed E-state index contributed by atoms with van der Waals surface area (Å²) in [4.78, 5) is 19.7. The minimum absolute atomic E-state index is 0.00520. The summed E-state index contributed by atoms with van der Waals surface area (Å²) in [6.45, 7) is 1.75. The lowest BCUT2D eigenvalue weighted by atomic mass is 10.1. The zero-order valence-corrected chi connectivity index (χ0v) is 14.1. The fraction of sp³-hybridized carbons (Fsp3) is 0.176. The number of hydrogen-bond acceptors (Lipinski definition) is 4. The van der Waals surface area contributed by atoms with Gasteiger partial charge in [0.25, 0.3) is 0 Å². The van der Waals surface area contributed by atoms with Gasteiger partial charge in [0.1, 0.15) is 12.7 Å². The molecule has 27 heavy (non-hydrogen) atoms. The van der Waals surface area contributed by atoms with Crippen LogP contribution in [0.25, 0.3) is 5.69 Å². The molecule has 2 amide bonds. The number of rotatable bonds is 4. The van der Waals surface area contributed by atoms with Crippen LogP contribution in [0.15, 0.2) is 55.4 Å². The molecule has 2 aromatic heterocycles. The molecule has 0 aliphatic carbocycles. The number of carbonyl (C=O) groups excluding carboxylic acids is 1. The molecule has 7 nitrogen and oxygen atoms in total. The summed E-state index contributed by atoms with van der Waals surface area (Å²) in [7, 11) is 0. The molecule has 2 heterocycles. The summed E-state index contributed by atoms with van der Waals surface area (Å²) in [5, 5.41) is 8.80. The number of amides is 2. The molecular weight excluding hydrogens is 361 g/mol. The molecule has 0 saturated carbocycles. The number of nitrogens with one attached hydrogen (secondary N) is 2. The number of halogens is 3. The van der Waals surface area contributed by atoms with Crippen LogP contribution in [0.1, 0.15) is 24.1 Å². The summed E-state index contributed by atoms with van der Waals surface area (Å²) < 4.78 is 41.2. The number of hydrogen-bond donors (Lipinski definition) is 2. The number of carbonyl (C=O) groups is 1. The van der Waals surface area contributed by atoms with E-state index in [0.29, 0.717) is 0 Å². The molecular formula is C17H15F3N6O. The van der Waals surface area contributed by atoms with Crippen LogP contribution in [-0.4, -0.2) is 25.8 Å². The second-order valence-electron chi connectivity index (χ2n) is 5.67. The highest BCUT2D eigenvalue weighted by molar-refractivity contribution is 5.89. The largest absolute Gasteiger partial charge is 0.418 e. The lowest BCUT2D eigenvalue weighted by Gasteiger charge is -2.17. The highest BCUT2D eigenvalue weighted by Gasteiger charge is 2.34. The van der Waals surface area contributed by atoms with Crippen molar-refractivity contribution in [3.05, 3.63) is 66.5 Å². The maximum absolute atomic E-state index is 13.4. The molecule has 0 aliphatic heterocycles. The van der Waals surface area contributed by atoms with Gasteiger partial charge in [-0.25, -0.2) is 14.5 Å². The van der Waals surface area contributed by atoms with Gasteiger partial charge in [-0.15, -0.1) is 0 Å². The second kappa shape index (κ2) is 7.44. The van der Waals surface area contributed by atoms with Gasteiger partial charge < -0.3 is 10.6 Å². The van der Waals surface area contributed by atoms with E-state index in [4.69, 9.17) is 0 Å². The molecule has 2 N–H and O–H groups in total. The Bertz CT molecular complexity index is 912. The first kappa shape index (κ1) is 18.4. The minimum atomic E-state index is -4.63. The van der Waals surface area contributed by atoms with E-state index >= 15 is 0 Å². The Kier molecular flexibility index (Phi) is 5.06. The Balaban J connectivity index is 1.78. The molecule has 1 unspecified atom stereocenters. The fourth-order valence-corrected chi connectivity index (χ4v) is 2.47. The lowest BCUT2D eigenvalue weighted by Crippen LogP contribution is -2.31. The first-order valence-electron chi connectivity index (χ1n) is 7.88. The van der Waals surface area contributed by atoms with Crippen molar-refractivity contribution in [3.8, 4) is 5.69 Å². The van der Waals surface area contributed by atoms with Crippen molar-refractivity contribution in [3.63, 3.8) is 0 Å². The van der Waals surface area contributed by atoms with Crippen LogP contribution in [0.2, 0.25) is 0 Å². The average molecular weight is 376 g/mol. The number of nitrogens with zero attached hydrogens (tertiary/aromatic N) is 4. The van der Waals surface area contributed by atoms with Crippen LogP contribution >= 0.6 is 0 Å². The highest BCUT2D eigenvalue weighted by Crippen LogP contribution is 2.35. The van der Waals surface area contributed by atoms with Gasteiger partial charge in [0.2, 0.25) is 0 Å². The third-order valence-corrected chi connectivity index (χ3v) is 3.78. The predicted molar refractivity (Wildman–Crippen MR) is 91.2 cm³/mol. The van der Waals surface area contributed by atoms with Gasteiger partial charge in [0, 0.05) is 18.1 Å². The van der Waals surface area contributed by atoms with Gasteiger partial charge in [-0.2, -0.15) is 18.3 Å². The molecule has 0 spiro atoms. The minimum Gasteiger partial charge on any atom is -0.331 e. The topological polar surface area (TPSA) is 84.7 Å². The monoisotopic (exact) mass is 376 g/mol. The van der Waals surface area contributed by atoms with E-state index in [1.807, 2.05) is 0 Å². The molecule has 1 aromatic carbocycles.